The second kappa shape index (κ2) is 6.14. The molecule has 0 saturated heterocycles. The Labute approximate surface area is 137 Å². The Balaban J connectivity index is 2.21. The first-order valence-corrected chi connectivity index (χ1v) is 7.82. The van der Waals surface area contributed by atoms with Gasteiger partial charge in [-0.05, 0) is 47.8 Å². The van der Waals surface area contributed by atoms with Crippen LogP contribution in [0.25, 0.3) is 10.8 Å². The van der Waals surface area contributed by atoms with E-state index in [1.165, 1.54) is 10.9 Å². The third kappa shape index (κ3) is 2.82. The molecule has 0 bridgehead atoms. The molecule has 1 unspecified atom stereocenters. The van der Waals surface area contributed by atoms with Gasteiger partial charge in [-0.15, -0.1) is 0 Å². The number of pyridine rings is 1. The van der Waals surface area contributed by atoms with Gasteiger partial charge in [-0.2, -0.15) is 0 Å². The first kappa shape index (κ1) is 14.5. The van der Waals surface area contributed by atoms with Crippen LogP contribution in [0.4, 0.5) is 0 Å². The van der Waals surface area contributed by atoms with Crippen LogP contribution in [0.1, 0.15) is 17.2 Å². The summed E-state index contributed by atoms with van der Waals surface area (Å²) in [5.74, 6) is 0. The van der Waals surface area contributed by atoms with Crippen molar-refractivity contribution in [3.8, 4) is 0 Å². The van der Waals surface area contributed by atoms with E-state index in [0.717, 1.165) is 20.4 Å². The Morgan fingerprint density at radius 2 is 2.00 bits per heavy atom. The molecule has 0 amide bonds. The highest BCUT2D eigenvalue weighted by molar-refractivity contribution is 9.10. The van der Waals surface area contributed by atoms with Crippen molar-refractivity contribution in [2.75, 3.05) is 7.05 Å². The van der Waals surface area contributed by atoms with Gasteiger partial charge in [0.25, 0.3) is 0 Å². The van der Waals surface area contributed by atoms with Crippen LogP contribution in [-0.2, 0) is 0 Å². The van der Waals surface area contributed by atoms with E-state index in [-0.39, 0.29) is 6.04 Å². The van der Waals surface area contributed by atoms with E-state index in [2.05, 4.69) is 50.5 Å². The molecule has 0 fully saturated rings. The third-order valence-electron chi connectivity index (χ3n) is 3.58. The van der Waals surface area contributed by atoms with Crippen LogP contribution in [0.5, 0.6) is 0 Å². The molecular weight excluding hydrogens is 348 g/mol. The molecular formula is C17H14BrClN2. The number of rotatable bonds is 3. The zero-order chi connectivity index (χ0) is 14.8. The fourth-order valence-electron chi connectivity index (χ4n) is 2.61. The Kier molecular flexibility index (Phi) is 4.24. The van der Waals surface area contributed by atoms with Crippen molar-refractivity contribution in [3.63, 3.8) is 0 Å². The number of aromatic nitrogens is 1. The topological polar surface area (TPSA) is 24.9 Å². The average Bonchev–Trinajstić information content (AvgIpc) is 2.51. The van der Waals surface area contributed by atoms with Crippen LogP contribution in [-0.4, -0.2) is 12.0 Å². The summed E-state index contributed by atoms with van der Waals surface area (Å²) in [5.41, 5.74) is 2.25. The largest absolute Gasteiger partial charge is 0.309 e. The summed E-state index contributed by atoms with van der Waals surface area (Å²) >= 11 is 9.92. The molecule has 1 atom stereocenters. The molecule has 0 spiro atoms. The quantitative estimate of drug-likeness (QED) is 0.713. The lowest BCUT2D eigenvalue weighted by molar-refractivity contribution is 0.696. The van der Waals surface area contributed by atoms with Crippen LogP contribution < -0.4 is 5.32 Å². The minimum atomic E-state index is 0.0288. The molecule has 4 heteroatoms. The van der Waals surface area contributed by atoms with Gasteiger partial charge in [-0.3, -0.25) is 4.98 Å². The van der Waals surface area contributed by atoms with E-state index in [1.807, 2.05) is 37.6 Å². The zero-order valence-electron chi connectivity index (χ0n) is 11.5. The minimum Gasteiger partial charge on any atom is -0.309 e. The van der Waals surface area contributed by atoms with E-state index in [4.69, 9.17) is 11.6 Å². The Morgan fingerprint density at radius 3 is 2.81 bits per heavy atom. The van der Waals surface area contributed by atoms with Crippen LogP contribution in [0.15, 0.2) is 59.3 Å². The van der Waals surface area contributed by atoms with Crippen LogP contribution >= 0.6 is 27.5 Å². The Morgan fingerprint density at radius 1 is 1.14 bits per heavy atom. The van der Waals surface area contributed by atoms with Gasteiger partial charge in [-0.25, -0.2) is 0 Å². The maximum absolute atomic E-state index is 6.40. The summed E-state index contributed by atoms with van der Waals surface area (Å²) in [7, 11) is 1.95. The van der Waals surface area contributed by atoms with Gasteiger partial charge in [0, 0.05) is 27.3 Å². The minimum absolute atomic E-state index is 0.0288. The predicted octanol–water partition coefficient (Wildman–Crippen LogP) is 4.96. The van der Waals surface area contributed by atoms with Crippen LogP contribution in [0, 0.1) is 0 Å². The lowest BCUT2D eigenvalue weighted by atomic mass is 9.94. The van der Waals surface area contributed by atoms with Crippen molar-refractivity contribution in [1.29, 1.82) is 0 Å². The van der Waals surface area contributed by atoms with Crippen molar-refractivity contribution in [2.45, 2.75) is 6.04 Å². The average molecular weight is 362 g/mol. The molecule has 0 aliphatic carbocycles. The maximum atomic E-state index is 6.40. The molecule has 0 aliphatic heterocycles. The van der Waals surface area contributed by atoms with Crippen molar-refractivity contribution in [1.82, 2.24) is 10.3 Å². The second-order valence-corrected chi connectivity index (χ2v) is 6.15. The Hall–Kier alpha value is -1.42. The first-order valence-electron chi connectivity index (χ1n) is 6.65. The number of fused-ring (bicyclic) bond motifs is 1. The van der Waals surface area contributed by atoms with Crippen molar-refractivity contribution >= 4 is 38.3 Å². The summed E-state index contributed by atoms with van der Waals surface area (Å²) in [6, 6.07) is 14.2. The SMILES string of the molecule is CNC(c1cc(Br)ccc1Cl)c1cccc2cnccc12. The van der Waals surface area contributed by atoms with Gasteiger partial charge < -0.3 is 5.32 Å². The Bertz CT molecular complexity index is 783. The van der Waals surface area contributed by atoms with Crippen molar-refractivity contribution in [2.24, 2.45) is 0 Å². The van der Waals surface area contributed by atoms with Crippen molar-refractivity contribution < 1.29 is 0 Å². The molecule has 0 saturated carbocycles. The summed E-state index contributed by atoms with van der Waals surface area (Å²) in [6.45, 7) is 0. The van der Waals surface area contributed by atoms with Gasteiger partial charge >= 0.3 is 0 Å². The highest BCUT2D eigenvalue weighted by atomic mass is 79.9. The molecule has 2 nitrogen and oxygen atoms in total. The maximum Gasteiger partial charge on any atom is 0.0595 e. The highest BCUT2D eigenvalue weighted by Gasteiger charge is 2.17. The number of hydrogen-bond acceptors (Lipinski definition) is 2. The lowest BCUT2D eigenvalue weighted by Crippen LogP contribution is -2.18. The lowest BCUT2D eigenvalue weighted by Gasteiger charge is -2.20. The monoisotopic (exact) mass is 360 g/mol. The molecule has 106 valence electrons. The predicted molar refractivity (Wildman–Crippen MR) is 91.8 cm³/mol. The summed E-state index contributed by atoms with van der Waals surface area (Å²) in [6.07, 6.45) is 3.70. The fraction of sp³-hybridized carbons (Fsp3) is 0.118. The number of nitrogens with one attached hydrogen (secondary N) is 1. The molecule has 1 aromatic heterocycles. The van der Waals surface area contributed by atoms with E-state index in [1.54, 1.807) is 0 Å². The van der Waals surface area contributed by atoms with Gasteiger partial charge in [0.1, 0.15) is 0 Å². The van der Waals surface area contributed by atoms with Crippen molar-refractivity contribution in [3.05, 3.63) is 75.5 Å². The molecule has 1 N–H and O–H groups in total. The van der Waals surface area contributed by atoms with E-state index < -0.39 is 0 Å². The standard InChI is InChI=1S/C17H14BrClN2/c1-20-17(15-9-12(18)5-6-16(15)19)14-4-2-3-11-10-21-8-7-13(11)14/h2-10,17,20H,1H3. The smallest absolute Gasteiger partial charge is 0.0595 e. The normalized spacial score (nSPS) is 12.5. The first-order chi connectivity index (χ1) is 10.2. The van der Waals surface area contributed by atoms with Gasteiger partial charge in [0.15, 0.2) is 0 Å². The number of hydrogen-bond donors (Lipinski definition) is 1. The van der Waals surface area contributed by atoms with E-state index in [0.29, 0.717) is 0 Å². The molecule has 0 radical (unpaired) electrons. The molecule has 21 heavy (non-hydrogen) atoms. The molecule has 2 aromatic carbocycles. The van der Waals surface area contributed by atoms with Gasteiger partial charge in [0.2, 0.25) is 0 Å². The molecule has 3 rings (SSSR count). The van der Waals surface area contributed by atoms with Crippen LogP contribution in [0.2, 0.25) is 5.02 Å². The molecule has 3 aromatic rings. The summed E-state index contributed by atoms with van der Waals surface area (Å²) in [5, 5.41) is 6.43. The van der Waals surface area contributed by atoms with Gasteiger partial charge in [0.05, 0.1) is 6.04 Å². The fourth-order valence-corrected chi connectivity index (χ4v) is 3.22. The van der Waals surface area contributed by atoms with E-state index in [9.17, 15) is 0 Å². The van der Waals surface area contributed by atoms with Crippen LogP contribution in [0.3, 0.4) is 0 Å². The summed E-state index contributed by atoms with van der Waals surface area (Å²) in [4.78, 5) is 4.19. The number of nitrogens with zero attached hydrogens (tertiary/aromatic N) is 1. The zero-order valence-corrected chi connectivity index (χ0v) is 13.8. The van der Waals surface area contributed by atoms with E-state index >= 15 is 0 Å². The number of benzene rings is 2. The third-order valence-corrected chi connectivity index (χ3v) is 4.42. The summed E-state index contributed by atoms with van der Waals surface area (Å²) < 4.78 is 1.02. The molecule has 1 heterocycles. The number of halogens is 2. The highest BCUT2D eigenvalue weighted by Crippen LogP contribution is 2.33. The molecule has 0 aliphatic rings. The van der Waals surface area contributed by atoms with Gasteiger partial charge in [-0.1, -0.05) is 45.7 Å². The second-order valence-electron chi connectivity index (χ2n) is 4.83.